The molecule has 2 aromatic carbocycles. The number of carbonyl (C=O) groups excluding carboxylic acids is 1. The average molecular weight is 429 g/mol. The van der Waals surface area contributed by atoms with Gasteiger partial charge < -0.3 is 13.9 Å². The third-order valence-electron chi connectivity index (χ3n) is 3.66. The molecule has 27 heavy (non-hydrogen) atoms. The van der Waals surface area contributed by atoms with Crippen LogP contribution in [-0.2, 0) is 0 Å². The molecule has 3 aromatic rings. The van der Waals surface area contributed by atoms with Gasteiger partial charge in [-0.15, -0.1) is 0 Å². The third kappa shape index (κ3) is 4.38. The maximum atomic E-state index is 12.2. The lowest BCUT2D eigenvalue weighted by Gasteiger charge is -2.11. The Hall–Kier alpha value is -3.06. The summed E-state index contributed by atoms with van der Waals surface area (Å²) in [6, 6.07) is 12.6. The Morgan fingerprint density at radius 1 is 1.30 bits per heavy atom. The van der Waals surface area contributed by atoms with Crippen LogP contribution in [0.25, 0.3) is 11.0 Å². The Kier molecular flexibility index (Phi) is 5.93. The van der Waals surface area contributed by atoms with E-state index in [0.29, 0.717) is 29.3 Å². The molecule has 3 rings (SSSR count). The quantitative estimate of drug-likeness (QED) is 0.340. The van der Waals surface area contributed by atoms with Gasteiger partial charge in [-0.3, -0.25) is 4.79 Å². The van der Waals surface area contributed by atoms with Gasteiger partial charge in [-0.05, 0) is 40.2 Å². The van der Waals surface area contributed by atoms with E-state index in [-0.39, 0.29) is 5.76 Å². The molecule has 0 radical (unpaired) electrons. The molecule has 0 bridgehead atoms. The molecule has 1 amide bonds. The number of furan rings is 1. The minimum atomic E-state index is -0.434. The first-order valence-electron chi connectivity index (χ1n) is 8.05. The smallest absolute Gasteiger partial charge is 0.307 e. The zero-order chi connectivity index (χ0) is 19.2. The van der Waals surface area contributed by atoms with Gasteiger partial charge in [-0.25, -0.2) is 5.43 Å². The first kappa shape index (κ1) is 18.7. The summed E-state index contributed by atoms with van der Waals surface area (Å²) < 4.78 is 17.1. The molecule has 0 aliphatic heterocycles. The minimum absolute atomic E-state index is 0.193. The molecule has 0 aliphatic carbocycles. The highest BCUT2D eigenvalue weighted by Crippen LogP contribution is 2.33. The fourth-order valence-corrected chi connectivity index (χ4v) is 2.80. The van der Waals surface area contributed by atoms with Gasteiger partial charge in [0.05, 0.1) is 13.3 Å². The highest BCUT2D eigenvalue weighted by atomic mass is 79.9. The van der Waals surface area contributed by atoms with Crippen molar-refractivity contribution in [3.8, 4) is 11.5 Å². The lowest BCUT2D eigenvalue weighted by Crippen LogP contribution is -2.16. The van der Waals surface area contributed by atoms with E-state index in [2.05, 4.69) is 33.0 Å². The van der Waals surface area contributed by atoms with Gasteiger partial charge in [0.1, 0.15) is 12.2 Å². The van der Waals surface area contributed by atoms with Gasteiger partial charge in [-0.1, -0.05) is 30.9 Å². The molecule has 1 aromatic heterocycles. The Bertz CT molecular complexity index is 977. The highest BCUT2D eigenvalue weighted by molar-refractivity contribution is 9.10. The molecule has 0 saturated carbocycles. The molecular formula is C20H17BrN2O4. The van der Waals surface area contributed by atoms with E-state index in [0.717, 1.165) is 9.86 Å². The van der Waals surface area contributed by atoms with Crippen molar-refractivity contribution in [3.63, 3.8) is 0 Å². The fraction of sp³-hybridized carbons (Fsp3) is 0.100. The molecule has 0 fully saturated rings. The SMILES string of the molecule is C=CCOc1cc(Br)c(/C=N/NC(=O)c2cc3ccccc3o2)cc1OC. The first-order valence-corrected chi connectivity index (χ1v) is 8.85. The van der Waals surface area contributed by atoms with Gasteiger partial charge >= 0.3 is 5.91 Å². The molecule has 1 heterocycles. The van der Waals surface area contributed by atoms with E-state index in [9.17, 15) is 4.79 Å². The van der Waals surface area contributed by atoms with E-state index in [1.54, 1.807) is 37.5 Å². The topological polar surface area (TPSA) is 73.1 Å². The molecule has 7 heteroatoms. The highest BCUT2D eigenvalue weighted by Gasteiger charge is 2.12. The standard InChI is InChI=1S/C20H17BrN2O4/c1-3-8-26-18-11-15(21)14(10-17(18)25-2)12-22-23-20(24)19-9-13-6-4-5-7-16(13)27-19/h3-7,9-12H,1,8H2,2H3,(H,23,24)/b22-12+. The molecule has 0 spiro atoms. The number of para-hydroxylation sites is 1. The van der Waals surface area contributed by atoms with Crippen LogP contribution in [0, 0.1) is 0 Å². The van der Waals surface area contributed by atoms with Gasteiger partial charge in [-0.2, -0.15) is 5.10 Å². The van der Waals surface area contributed by atoms with Crippen molar-refractivity contribution < 1.29 is 18.7 Å². The molecule has 138 valence electrons. The Morgan fingerprint density at radius 3 is 2.85 bits per heavy atom. The zero-order valence-corrected chi connectivity index (χ0v) is 16.2. The van der Waals surface area contributed by atoms with Crippen molar-refractivity contribution in [2.45, 2.75) is 0 Å². The maximum absolute atomic E-state index is 12.2. The number of nitrogens with zero attached hydrogens (tertiary/aromatic N) is 1. The van der Waals surface area contributed by atoms with Crippen molar-refractivity contribution in [1.29, 1.82) is 0 Å². The molecular weight excluding hydrogens is 412 g/mol. The fourth-order valence-electron chi connectivity index (χ4n) is 2.38. The summed E-state index contributed by atoms with van der Waals surface area (Å²) in [5.41, 5.74) is 3.81. The lowest BCUT2D eigenvalue weighted by atomic mass is 10.2. The van der Waals surface area contributed by atoms with Gasteiger partial charge in [0.25, 0.3) is 0 Å². The van der Waals surface area contributed by atoms with Gasteiger partial charge in [0.15, 0.2) is 17.3 Å². The second-order valence-corrected chi connectivity index (χ2v) is 6.33. The van der Waals surface area contributed by atoms with Crippen LogP contribution in [0.2, 0.25) is 0 Å². The molecule has 6 nitrogen and oxygen atoms in total. The van der Waals surface area contributed by atoms with E-state index in [1.807, 2.05) is 18.2 Å². The predicted octanol–water partition coefficient (Wildman–Crippen LogP) is 4.53. The van der Waals surface area contributed by atoms with Crippen LogP contribution in [0.1, 0.15) is 16.1 Å². The molecule has 0 unspecified atom stereocenters. The number of methoxy groups -OCH3 is 1. The summed E-state index contributed by atoms with van der Waals surface area (Å²) >= 11 is 3.45. The summed E-state index contributed by atoms with van der Waals surface area (Å²) in [7, 11) is 1.55. The van der Waals surface area contributed by atoms with Crippen molar-refractivity contribution in [2.75, 3.05) is 13.7 Å². The van der Waals surface area contributed by atoms with E-state index in [4.69, 9.17) is 13.9 Å². The molecule has 0 aliphatic rings. The van der Waals surface area contributed by atoms with Crippen LogP contribution in [0.4, 0.5) is 0 Å². The number of amides is 1. The van der Waals surface area contributed by atoms with Crippen LogP contribution >= 0.6 is 15.9 Å². The van der Waals surface area contributed by atoms with Crippen LogP contribution in [0.5, 0.6) is 11.5 Å². The van der Waals surface area contributed by atoms with Gasteiger partial charge in [0.2, 0.25) is 0 Å². The zero-order valence-electron chi connectivity index (χ0n) is 14.6. The third-order valence-corrected chi connectivity index (χ3v) is 4.35. The second-order valence-electron chi connectivity index (χ2n) is 5.47. The number of hydrogen-bond acceptors (Lipinski definition) is 5. The number of halogens is 1. The van der Waals surface area contributed by atoms with Crippen molar-refractivity contribution in [2.24, 2.45) is 5.10 Å². The number of ether oxygens (including phenoxy) is 2. The Balaban J connectivity index is 1.73. The summed E-state index contributed by atoms with van der Waals surface area (Å²) in [5, 5.41) is 4.84. The summed E-state index contributed by atoms with van der Waals surface area (Å²) in [5.74, 6) is 0.882. The predicted molar refractivity (Wildman–Crippen MR) is 108 cm³/mol. The van der Waals surface area contributed by atoms with Crippen molar-refractivity contribution >= 4 is 39.0 Å². The van der Waals surface area contributed by atoms with E-state index >= 15 is 0 Å². The number of benzene rings is 2. The normalized spacial score (nSPS) is 10.9. The second kappa shape index (κ2) is 8.55. The summed E-state index contributed by atoms with van der Waals surface area (Å²) in [6.07, 6.45) is 3.15. The summed E-state index contributed by atoms with van der Waals surface area (Å²) in [4.78, 5) is 12.2. The Labute approximate surface area is 164 Å². The van der Waals surface area contributed by atoms with Crippen LogP contribution in [0.3, 0.4) is 0 Å². The van der Waals surface area contributed by atoms with Gasteiger partial charge in [0, 0.05) is 15.4 Å². The number of hydrazone groups is 1. The molecule has 0 saturated heterocycles. The number of fused-ring (bicyclic) bond motifs is 1. The van der Waals surface area contributed by atoms with Crippen LogP contribution in [0.15, 0.2) is 69.1 Å². The largest absolute Gasteiger partial charge is 0.493 e. The van der Waals surface area contributed by atoms with Crippen molar-refractivity contribution in [3.05, 3.63) is 70.9 Å². The monoisotopic (exact) mass is 428 g/mol. The first-order chi connectivity index (χ1) is 13.1. The maximum Gasteiger partial charge on any atom is 0.307 e. The number of carbonyl (C=O) groups is 1. The van der Waals surface area contributed by atoms with Crippen LogP contribution < -0.4 is 14.9 Å². The van der Waals surface area contributed by atoms with E-state index in [1.165, 1.54) is 6.21 Å². The van der Waals surface area contributed by atoms with Crippen LogP contribution in [-0.4, -0.2) is 25.8 Å². The lowest BCUT2D eigenvalue weighted by molar-refractivity contribution is 0.0929. The number of rotatable bonds is 7. The van der Waals surface area contributed by atoms with E-state index < -0.39 is 5.91 Å². The number of nitrogens with one attached hydrogen (secondary N) is 1. The van der Waals surface area contributed by atoms with Crippen molar-refractivity contribution in [1.82, 2.24) is 5.43 Å². The average Bonchev–Trinajstić information content (AvgIpc) is 3.12. The summed E-state index contributed by atoms with van der Waals surface area (Å²) in [6.45, 7) is 3.99. The Morgan fingerprint density at radius 2 is 2.11 bits per heavy atom. The molecule has 1 N–H and O–H groups in total. The minimum Gasteiger partial charge on any atom is -0.493 e. The molecule has 0 atom stereocenters. The number of hydrogen-bond donors (Lipinski definition) is 1.